The minimum Gasteiger partial charge on any atom is -0.369 e. The van der Waals surface area contributed by atoms with Gasteiger partial charge in [-0.15, -0.1) is 0 Å². The van der Waals surface area contributed by atoms with Gasteiger partial charge in [-0.1, -0.05) is 35.4 Å². The molecule has 4 heteroatoms. The lowest BCUT2D eigenvalue weighted by Crippen LogP contribution is -1.99. The number of imidazole rings is 1. The number of nitrogens with zero attached hydrogens (tertiary/aromatic N) is 2. The van der Waals surface area contributed by atoms with Gasteiger partial charge in [0.25, 0.3) is 0 Å². The van der Waals surface area contributed by atoms with Gasteiger partial charge in [-0.25, -0.2) is 4.98 Å². The molecule has 0 spiro atoms. The largest absolute Gasteiger partial charge is 0.369 e. The van der Waals surface area contributed by atoms with E-state index in [0.717, 1.165) is 11.3 Å². The van der Waals surface area contributed by atoms with Crippen LogP contribution in [-0.2, 0) is 7.05 Å². The summed E-state index contributed by atoms with van der Waals surface area (Å²) < 4.78 is 1.81. The fraction of sp³-hybridized carbons (Fsp3) is 0.250. The van der Waals surface area contributed by atoms with E-state index in [4.69, 9.17) is 17.3 Å². The predicted octanol–water partition coefficient (Wildman–Crippen LogP) is 2.94. The number of anilines is 1. The number of nitrogen functional groups attached to an aromatic ring is 1. The molecular weight excluding hydrogens is 222 g/mol. The van der Waals surface area contributed by atoms with Gasteiger partial charge in [-0.05, 0) is 19.4 Å². The number of aromatic nitrogens is 2. The molecular formula is C12H14ClN3. The molecule has 0 saturated heterocycles. The molecule has 0 radical (unpaired) electrons. The van der Waals surface area contributed by atoms with E-state index in [1.807, 2.05) is 13.1 Å². The van der Waals surface area contributed by atoms with E-state index in [2.05, 4.69) is 31.0 Å². The Hall–Kier alpha value is -1.48. The maximum absolute atomic E-state index is 6.08. The Kier molecular flexibility index (Phi) is 2.64. The molecule has 1 heterocycles. The third-order valence-electron chi connectivity index (χ3n) is 2.72. The zero-order valence-electron chi connectivity index (χ0n) is 9.58. The first-order valence-corrected chi connectivity index (χ1v) is 5.44. The van der Waals surface area contributed by atoms with Crippen LogP contribution in [0.1, 0.15) is 11.1 Å². The highest BCUT2D eigenvalue weighted by Gasteiger charge is 2.14. The molecule has 2 N–H and O–H groups in total. The minimum absolute atomic E-state index is 0.431. The zero-order chi connectivity index (χ0) is 11.9. The van der Waals surface area contributed by atoms with Crippen molar-refractivity contribution in [1.29, 1.82) is 0 Å². The van der Waals surface area contributed by atoms with Crippen molar-refractivity contribution in [1.82, 2.24) is 9.55 Å². The summed E-state index contributed by atoms with van der Waals surface area (Å²) in [7, 11) is 1.86. The van der Waals surface area contributed by atoms with Crippen LogP contribution in [-0.4, -0.2) is 9.55 Å². The molecule has 0 aliphatic carbocycles. The second-order valence-corrected chi connectivity index (χ2v) is 4.34. The fourth-order valence-electron chi connectivity index (χ4n) is 1.85. The van der Waals surface area contributed by atoms with Gasteiger partial charge in [0.15, 0.2) is 5.15 Å². The number of benzene rings is 1. The Labute approximate surface area is 99.9 Å². The molecule has 0 fully saturated rings. The smallest absolute Gasteiger partial charge is 0.201 e. The van der Waals surface area contributed by atoms with Gasteiger partial charge in [0, 0.05) is 12.6 Å². The van der Waals surface area contributed by atoms with Gasteiger partial charge in [-0.3, -0.25) is 0 Å². The molecule has 0 aliphatic heterocycles. The van der Waals surface area contributed by atoms with Crippen LogP contribution >= 0.6 is 11.6 Å². The van der Waals surface area contributed by atoms with Crippen molar-refractivity contribution in [3.05, 3.63) is 34.5 Å². The molecule has 1 aromatic heterocycles. The third kappa shape index (κ3) is 1.67. The normalized spacial score (nSPS) is 10.8. The molecule has 16 heavy (non-hydrogen) atoms. The van der Waals surface area contributed by atoms with Gasteiger partial charge in [0.2, 0.25) is 5.95 Å². The average molecular weight is 236 g/mol. The molecule has 3 nitrogen and oxygen atoms in total. The highest BCUT2D eigenvalue weighted by atomic mass is 35.5. The summed E-state index contributed by atoms with van der Waals surface area (Å²) in [6.07, 6.45) is 0. The first kappa shape index (κ1) is 11.0. The lowest BCUT2D eigenvalue weighted by Gasteiger charge is -2.08. The van der Waals surface area contributed by atoms with Crippen molar-refractivity contribution in [2.75, 3.05) is 5.73 Å². The van der Waals surface area contributed by atoms with Crippen molar-refractivity contribution in [2.45, 2.75) is 13.8 Å². The fourth-order valence-corrected chi connectivity index (χ4v) is 2.17. The minimum atomic E-state index is 0.431. The summed E-state index contributed by atoms with van der Waals surface area (Å²) in [6.45, 7) is 4.12. The molecule has 0 saturated carbocycles. The topological polar surface area (TPSA) is 43.8 Å². The summed E-state index contributed by atoms with van der Waals surface area (Å²) in [5.41, 5.74) is 10.1. The van der Waals surface area contributed by atoms with Crippen LogP contribution < -0.4 is 5.73 Å². The number of hydrogen-bond donors (Lipinski definition) is 1. The maximum Gasteiger partial charge on any atom is 0.201 e. The van der Waals surface area contributed by atoms with Crippen LogP contribution in [0.15, 0.2) is 18.2 Å². The zero-order valence-corrected chi connectivity index (χ0v) is 10.3. The second-order valence-electron chi connectivity index (χ2n) is 3.99. The molecule has 1 aromatic carbocycles. The Morgan fingerprint density at radius 2 is 2.00 bits per heavy atom. The van der Waals surface area contributed by atoms with Crippen LogP contribution in [0, 0.1) is 13.8 Å². The van der Waals surface area contributed by atoms with E-state index in [1.54, 1.807) is 4.57 Å². The van der Waals surface area contributed by atoms with Gasteiger partial charge in [0.05, 0.1) is 5.69 Å². The summed E-state index contributed by atoms with van der Waals surface area (Å²) in [5.74, 6) is 0.431. The summed E-state index contributed by atoms with van der Waals surface area (Å²) in [5, 5.41) is 0.451. The lowest BCUT2D eigenvalue weighted by atomic mass is 10.0. The first-order chi connectivity index (χ1) is 7.50. The Bertz CT molecular complexity index is 543. The summed E-state index contributed by atoms with van der Waals surface area (Å²) in [6, 6.07) is 6.23. The van der Waals surface area contributed by atoms with E-state index >= 15 is 0 Å². The van der Waals surface area contributed by atoms with Gasteiger partial charge >= 0.3 is 0 Å². The molecule has 0 bridgehead atoms. The molecule has 2 rings (SSSR count). The average Bonchev–Trinajstić information content (AvgIpc) is 2.43. The maximum atomic E-state index is 6.08. The number of rotatable bonds is 1. The Balaban J connectivity index is 2.67. The first-order valence-electron chi connectivity index (χ1n) is 5.06. The van der Waals surface area contributed by atoms with E-state index < -0.39 is 0 Å². The predicted molar refractivity (Wildman–Crippen MR) is 67.5 cm³/mol. The second kappa shape index (κ2) is 3.83. The standard InChI is InChI=1S/C12H14ClN3/c1-7-4-5-9(8(2)6-7)10-11(13)15-12(14)16(10)3/h4-6H,1-3H3,(H2,14,15). The van der Waals surface area contributed by atoms with Crippen LogP contribution in [0.2, 0.25) is 5.15 Å². The highest BCUT2D eigenvalue weighted by Crippen LogP contribution is 2.31. The van der Waals surface area contributed by atoms with Gasteiger partial charge < -0.3 is 10.3 Å². The molecule has 0 aliphatic rings. The third-order valence-corrected chi connectivity index (χ3v) is 2.99. The highest BCUT2D eigenvalue weighted by molar-refractivity contribution is 6.32. The number of halogens is 1. The van der Waals surface area contributed by atoms with Crippen molar-refractivity contribution in [2.24, 2.45) is 7.05 Å². The lowest BCUT2D eigenvalue weighted by molar-refractivity contribution is 0.937. The van der Waals surface area contributed by atoms with E-state index in [9.17, 15) is 0 Å². The van der Waals surface area contributed by atoms with Crippen LogP contribution in [0.25, 0.3) is 11.3 Å². The van der Waals surface area contributed by atoms with E-state index in [0.29, 0.717) is 11.1 Å². The summed E-state index contributed by atoms with van der Waals surface area (Å²) in [4.78, 5) is 4.06. The van der Waals surface area contributed by atoms with Crippen molar-refractivity contribution < 1.29 is 0 Å². The molecule has 0 amide bonds. The van der Waals surface area contributed by atoms with Crippen LogP contribution in [0.3, 0.4) is 0 Å². The van der Waals surface area contributed by atoms with Crippen molar-refractivity contribution >= 4 is 17.5 Å². The molecule has 2 aromatic rings. The van der Waals surface area contributed by atoms with Gasteiger partial charge in [-0.2, -0.15) is 0 Å². The number of hydrogen-bond acceptors (Lipinski definition) is 2. The van der Waals surface area contributed by atoms with Crippen LogP contribution in [0.5, 0.6) is 0 Å². The molecule has 84 valence electrons. The molecule has 0 unspecified atom stereocenters. The molecule has 0 atom stereocenters. The quantitative estimate of drug-likeness (QED) is 0.826. The van der Waals surface area contributed by atoms with Gasteiger partial charge in [0.1, 0.15) is 0 Å². The SMILES string of the molecule is Cc1ccc(-c2c(Cl)nc(N)n2C)c(C)c1. The Morgan fingerprint density at radius 1 is 1.31 bits per heavy atom. The van der Waals surface area contributed by atoms with Crippen LogP contribution in [0.4, 0.5) is 5.95 Å². The number of nitrogens with two attached hydrogens (primary N) is 1. The van der Waals surface area contributed by atoms with Crippen molar-refractivity contribution in [3.8, 4) is 11.3 Å². The van der Waals surface area contributed by atoms with Crippen molar-refractivity contribution in [3.63, 3.8) is 0 Å². The van der Waals surface area contributed by atoms with E-state index in [-0.39, 0.29) is 0 Å². The summed E-state index contributed by atoms with van der Waals surface area (Å²) >= 11 is 6.08. The monoisotopic (exact) mass is 235 g/mol. The Morgan fingerprint density at radius 3 is 2.50 bits per heavy atom. The van der Waals surface area contributed by atoms with E-state index in [1.165, 1.54) is 11.1 Å². The number of aryl methyl sites for hydroxylation is 2.